The number of halogens is 3. The van der Waals surface area contributed by atoms with Gasteiger partial charge in [0.15, 0.2) is 0 Å². The molecule has 200 valence electrons. The van der Waals surface area contributed by atoms with Crippen molar-refractivity contribution < 1.29 is 30.0 Å². The lowest BCUT2D eigenvalue weighted by molar-refractivity contribution is -0.0435. The number of alkyl halides is 3. The molecule has 7 nitrogen and oxygen atoms in total. The second-order valence-corrected chi connectivity index (χ2v) is 12.6. The van der Waals surface area contributed by atoms with Crippen LogP contribution in [-0.4, -0.2) is 40.7 Å². The SMILES string of the molecule is NS(=O)(=O)c1ccc(N[C@H](CCNCc2ccccc2)CSc2ccccc2)c(S(=O)(=O)C(F)(F)F)c1. The molecule has 3 rings (SSSR count). The number of nitrogens with two attached hydrogens (primary N) is 1. The van der Waals surface area contributed by atoms with Gasteiger partial charge in [-0.1, -0.05) is 48.5 Å². The molecule has 0 radical (unpaired) electrons. The van der Waals surface area contributed by atoms with Crippen molar-refractivity contribution in [3.8, 4) is 0 Å². The molecule has 0 bridgehead atoms. The Labute approximate surface area is 218 Å². The third-order valence-electron chi connectivity index (χ3n) is 5.27. The first-order valence-corrected chi connectivity index (χ1v) is 15.1. The Balaban J connectivity index is 1.86. The van der Waals surface area contributed by atoms with Crippen LogP contribution in [0.4, 0.5) is 18.9 Å². The van der Waals surface area contributed by atoms with E-state index in [1.54, 1.807) is 0 Å². The smallest absolute Gasteiger partial charge is 0.380 e. The first kappa shape index (κ1) is 29.0. The number of nitrogens with one attached hydrogen (secondary N) is 2. The van der Waals surface area contributed by atoms with Crippen molar-refractivity contribution in [2.75, 3.05) is 17.6 Å². The lowest BCUT2D eigenvalue weighted by atomic mass is 10.2. The summed E-state index contributed by atoms with van der Waals surface area (Å²) in [6.45, 7) is 1.06. The number of sulfonamides is 1. The highest BCUT2D eigenvalue weighted by Gasteiger charge is 2.48. The average molecular weight is 574 g/mol. The first-order valence-electron chi connectivity index (χ1n) is 11.0. The van der Waals surface area contributed by atoms with Gasteiger partial charge in [0.25, 0.3) is 9.84 Å². The van der Waals surface area contributed by atoms with E-state index in [0.717, 1.165) is 22.6 Å². The van der Waals surface area contributed by atoms with Gasteiger partial charge in [0, 0.05) is 23.2 Å². The fraction of sp³-hybridized carbons (Fsp3) is 0.250. The van der Waals surface area contributed by atoms with Gasteiger partial charge >= 0.3 is 5.51 Å². The number of primary sulfonamides is 1. The predicted octanol–water partition coefficient (Wildman–Crippen LogP) is 4.38. The second kappa shape index (κ2) is 12.3. The molecule has 0 unspecified atom stereocenters. The van der Waals surface area contributed by atoms with Crippen molar-refractivity contribution >= 4 is 37.3 Å². The van der Waals surface area contributed by atoms with Crippen LogP contribution >= 0.6 is 11.8 Å². The van der Waals surface area contributed by atoms with Gasteiger partial charge in [0.2, 0.25) is 10.0 Å². The Hall–Kier alpha value is -2.58. The molecule has 0 saturated carbocycles. The fourth-order valence-electron chi connectivity index (χ4n) is 3.38. The molecule has 0 spiro atoms. The van der Waals surface area contributed by atoms with E-state index in [0.29, 0.717) is 31.3 Å². The Kier molecular flexibility index (Phi) is 9.64. The molecule has 37 heavy (non-hydrogen) atoms. The van der Waals surface area contributed by atoms with E-state index < -0.39 is 41.2 Å². The van der Waals surface area contributed by atoms with Gasteiger partial charge in [-0.15, -0.1) is 11.8 Å². The Morgan fingerprint density at radius 1 is 0.892 bits per heavy atom. The highest BCUT2D eigenvalue weighted by Crippen LogP contribution is 2.36. The van der Waals surface area contributed by atoms with Crippen molar-refractivity contribution in [2.45, 2.75) is 39.2 Å². The molecule has 4 N–H and O–H groups in total. The molecule has 3 aromatic rings. The minimum absolute atomic E-state index is 0.355. The standard InChI is InChI=1S/C24H26F3N3O4S3/c25-24(26,27)36(31,32)23-15-21(37(28,33)34)11-12-22(23)30-19(17-35-20-9-5-2-6-10-20)13-14-29-16-18-7-3-1-4-8-18/h1-12,15,19,29-30H,13-14,16-17H2,(H2,28,33,34)/t19-/m1/s1. The quantitative estimate of drug-likeness (QED) is 0.217. The number of rotatable bonds is 12. The minimum atomic E-state index is -5.87. The molecular formula is C24H26F3N3O4S3. The van der Waals surface area contributed by atoms with Crippen molar-refractivity contribution in [2.24, 2.45) is 5.14 Å². The van der Waals surface area contributed by atoms with Crippen LogP contribution in [0.15, 0.2) is 93.5 Å². The zero-order chi connectivity index (χ0) is 27.1. The van der Waals surface area contributed by atoms with E-state index in [1.807, 2.05) is 60.7 Å². The van der Waals surface area contributed by atoms with Gasteiger partial charge in [-0.3, -0.25) is 0 Å². The molecule has 0 aromatic heterocycles. The zero-order valence-electron chi connectivity index (χ0n) is 19.5. The highest BCUT2D eigenvalue weighted by molar-refractivity contribution is 7.99. The lowest BCUT2D eigenvalue weighted by Gasteiger charge is -2.23. The maximum Gasteiger partial charge on any atom is 0.501 e. The maximum absolute atomic E-state index is 13.4. The summed E-state index contributed by atoms with van der Waals surface area (Å²) in [5, 5.41) is 11.2. The molecule has 0 aliphatic carbocycles. The third kappa shape index (κ3) is 8.20. The highest BCUT2D eigenvalue weighted by atomic mass is 32.2. The molecule has 0 amide bonds. The van der Waals surface area contributed by atoms with E-state index in [-0.39, 0.29) is 5.69 Å². The van der Waals surface area contributed by atoms with Gasteiger partial charge in [0.1, 0.15) is 4.90 Å². The summed E-state index contributed by atoms with van der Waals surface area (Å²) in [7, 11) is -10.3. The number of hydrogen-bond donors (Lipinski definition) is 3. The molecule has 3 aromatic carbocycles. The monoisotopic (exact) mass is 573 g/mol. The van der Waals surface area contributed by atoms with Crippen molar-refractivity contribution in [3.05, 3.63) is 84.4 Å². The zero-order valence-corrected chi connectivity index (χ0v) is 21.9. The van der Waals surface area contributed by atoms with Crippen molar-refractivity contribution in [3.63, 3.8) is 0 Å². The predicted molar refractivity (Wildman–Crippen MR) is 138 cm³/mol. The summed E-state index contributed by atoms with van der Waals surface area (Å²) >= 11 is 1.45. The number of sulfone groups is 1. The average Bonchev–Trinajstić information content (AvgIpc) is 2.85. The summed E-state index contributed by atoms with van der Waals surface area (Å²) in [4.78, 5) is -1.00. The number of thioether (sulfide) groups is 1. The Morgan fingerprint density at radius 3 is 2.11 bits per heavy atom. The van der Waals surface area contributed by atoms with Gasteiger partial charge in [0.05, 0.1) is 10.6 Å². The van der Waals surface area contributed by atoms with Crippen LogP contribution in [0.5, 0.6) is 0 Å². The van der Waals surface area contributed by atoms with E-state index in [1.165, 1.54) is 11.8 Å². The molecule has 1 atom stereocenters. The normalized spacial score (nSPS) is 13.3. The molecule has 0 aliphatic heterocycles. The summed E-state index contributed by atoms with van der Waals surface area (Å²) in [6.07, 6.45) is 0.440. The van der Waals surface area contributed by atoms with Crippen LogP contribution in [-0.2, 0) is 26.4 Å². The first-order chi connectivity index (χ1) is 17.4. The van der Waals surface area contributed by atoms with Gasteiger partial charge in [-0.25, -0.2) is 22.0 Å². The number of hydrogen-bond acceptors (Lipinski definition) is 7. The van der Waals surface area contributed by atoms with Gasteiger partial charge < -0.3 is 10.6 Å². The van der Waals surface area contributed by atoms with Crippen LogP contribution in [0, 0.1) is 0 Å². The summed E-state index contributed by atoms with van der Waals surface area (Å²) in [6, 6.07) is 20.9. The van der Waals surface area contributed by atoms with Crippen LogP contribution in [0.25, 0.3) is 0 Å². The molecule has 0 fully saturated rings. The number of anilines is 1. The van der Waals surface area contributed by atoms with Crippen molar-refractivity contribution in [1.82, 2.24) is 5.32 Å². The molecule has 13 heteroatoms. The minimum Gasteiger partial charge on any atom is -0.380 e. The largest absolute Gasteiger partial charge is 0.501 e. The van der Waals surface area contributed by atoms with Gasteiger partial charge in [-0.2, -0.15) is 13.2 Å². The Morgan fingerprint density at radius 2 is 1.51 bits per heavy atom. The van der Waals surface area contributed by atoms with Crippen LogP contribution in [0.3, 0.4) is 0 Å². The molecule has 0 saturated heterocycles. The third-order valence-corrected chi connectivity index (χ3v) is 8.88. The maximum atomic E-state index is 13.4. The summed E-state index contributed by atoms with van der Waals surface area (Å²) < 4.78 is 88.4. The summed E-state index contributed by atoms with van der Waals surface area (Å²) in [5.41, 5.74) is -4.93. The van der Waals surface area contributed by atoms with E-state index in [4.69, 9.17) is 5.14 Å². The molecule has 0 heterocycles. The summed E-state index contributed by atoms with van der Waals surface area (Å²) in [5.74, 6) is 0.402. The topological polar surface area (TPSA) is 118 Å². The van der Waals surface area contributed by atoms with E-state index >= 15 is 0 Å². The van der Waals surface area contributed by atoms with Crippen LogP contribution < -0.4 is 15.8 Å². The molecular weight excluding hydrogens is 547 g/mol. The van der Waals surface area contributed by atoms with Crippen LogP contribution in [0.1, 0.15) is 12.0 Å². The Bertz CT molecular complexity index is 1390. The lowest BCUT2D eigenvalue weighted by Crippen LogP contribution is -2.30. The van der Waals surface area contributed by atoms with Gasteiger partial charge in [-0.05, 0) is 48.9 Å². The second-order valence-electron chi connectivity index (χ2n) is 8.07. The van der Waals surface area contributed by atoms with Crippen molar-refractivity contribution in [1.29, 1.82) is 0 Å². The fourth-order valence-corrected chi connectivity index (χ4v) is 5.94. The van der Waals surface area contributed by atoms with Crippen LogP contribution in [0.2, 0.25) is 0 Å². The number of benzene rings is 3. The van der Waals surface area contributed by atoms with E-state index in [2.05, 4.69) is 10.6 Å². The molecule has 0 aliphatic rings. The van der Waals surface area contributed by atoms with E-state index in [9.17, 15) is 30.0 Å².